The van der Waals surface area contributed by atoms with Crippen LogP contribution < -0.4 is 9.47 Å². The summed E-state index contributed by atoms with van der Waals surface area (Å²) >= 11 is 0. The van der Waals surface area contributed by atoms with E-state index >= 15 is 0 Å². The maximum Gasteiger partial charge on any atom is 0.230 e. The molecular weight excluding hydrogens is 236 g/mol. The fourth-order valence-electron chi connectivity index (χ4n) is 2.20. The Bertz CT molecular complexity index is 481. The van der Waals surface area contributed by atoms with Crippen LogP contribution in [0.1, 0.15) is 22.3 Å². The van der Waals surface area contributed by atoms with E-state index in [1.54, 1.807) is 0 Å². The zero-order chi connectivity index (χ0) is 13.8. The number of benzene rings is 2. The molecule has 0 fully saturated rings. The van der Waals surface area contributed by atoms with E-state index < -0.39 is 0 Å². The van der Waals surface area contributed by atoms with Gasteiger partial charge in [-0.2, -0.15) is 0 Å². The van der Waals surface area contributed by atoms with Gasteiger partial charge in [-0.3, -0.25) is 0 Å². The van der Waals surface area contributed by atoms with Crippen LogP contribution in [-0.2, 0) is 0 Å². The van der Waals surface area contributed by atoms with E-state index in [4.69, 9.17) is 9.47 Å². The van der Waals surface area contributed by atoms with E-state index in [1.165, 1.54) is 22.3 Å². The summed E-state index contributed by atoms with van der Waals surface area (Å²) in [5.41, 5.74) is 4.78. The van der Waals surface area contributed by atoms with E-state index in [1.807, 2.05) is 24.3 Å². The first-order chi connectivity index (χ1) is 9.02. The predicted octanol–water partition coefficient (Wildman–Crippen LogP) is 4.34. The molecule has 0 aliphatic heterocycles. The molecule has 100 valence electrons. The Balaban J connectivity index is 1.96. The zero-order valence-corrected chi connectivity index (χ0v) is 12.0. The lowest BCUT2D eigenvalue weighted by Gasteiger charge is -2.11. The molecule has 0 aliphatic rings. The molecular formula is C17H20O2. The van der Waals surface area contributed by atoms with E-state index in [-0.39, 0.29) is 6.79 Å². The van der Waals surface area contributed by atoms with Crippen molar-refractivity contribution in [2.75, 3.05) is 6.79 Å². The Hall–Kier alpha value is -1.96. The fraction of sp³-hybridized carbons (Fsp3) is 0.294. The van der Waals surface area contributed by atoms with Crippen molar-refractivity contribution in [2.24, 2.45) is 0 Å². The molecule has 2 aromatic carbocycles. The third-order valence-corrected chi connectivity index (χ3v) is 2.84. The van der Waals surface area contributed by atoms with Gasteiger partial charge in [0.05, 0.1) is 0 Å². The molecule has 2 aromatic rings. The van der Waals surface area contributed by atoms with Gasteiger partial charge in [-0.25, -0.2) is 0 Å². The van der Waals surface area contributed by atoms with Gasteiger partial charge in [0, 0.05) is 0 Å². The highest BCUT2D eigenvalue weighted by Crippen LogP contribution is 2.18. The van der Waals surface area contributed by atoms with E-state index in [9.17, 15) is 0 Å². The normalized spacial score (nSPS) is 10.3. The molecule has 2 nitrogen and oxygen atoms in total. The molecule has 2 rings (SSSR count). The van der Waals surface area contributed by atoms with Crippen molar-refractivity contribution in [3.05, 3.63) is 58.7 Å². The lowest BCUT2D eigenvalue weighted by atomic mass is 10.1. The minimum absolute atomic E-state index is 0.228. The maximum absolute atomic E-state index is 5.63. The first-order valence-corrected chi connectivity index (χ1v) is 6.45. The second-order valence-electron chi connectivity index (χ2n) is 5.05. The molecule has 0 heterocycles. The fourth-order valence-corrected chi connectivity index (χ4v) is 2.20. The number of ether oxygens (including phenoxy) is 2. The molecule has 0 amide bonds. The summed E-state index contributed by atoms with van der Waals surface area (Å²) in [5, 5.41) is 0. The van der Waals surface area contributed by atoms with Crippen molar-refractivity contribution in [1.29, 1.82) is 0 Å². The lowest BCUT2D eigenvalue weighted by Crippen LogP contribution is -2.06. The Kier molecular flexibility index (Phi) is 4.10. The molecule has 0 aliphatic carbocycles. The topological polar surface area (TPSA) is 18.5 Å². The Morgan fingerprint density at radius 3 is 1.21 bits per heavy atom. The lowest BCUT2D eigenvalue weighted by molar-refractivity contribution is 0.119. The second kappa shape index (κ2) is 5.79. The molecule has 0 saturated carbocycles. The van der Waals surface area contributed by atoms with Crippen LogP contribution >= 0.6 is 0 Å². The van der Waals surface area contributed by atoms with Crippen LogP contribution in [0.5, 0.6) is 11.5 Å². The number of rotatable bonds is 4. The van der Waals surface area contributed by atoms with Gasteiger partial charge in [0.2, 0.25) is 6.79 Å². The monoisotopic (exact) mass is 256 g/mol. The Morgan fingerprint density at radius 1 is 0.579 bits per heavy atom. The van der Waals surface area contributed by atoms with Crippen molar-refractivity contribution >= 4 is 0 Å². The highest BCUT2D eigenvalue weighted by molar-refractivity contribution is 5.34. The highest BCUT2D eigenvalue weighted by Gasteiger charge is 1.99. The largest absolute Gasteiger partial charge is 0.457 e. The van der Waals surface area contributed by atoms with Gasteiger partial charge in [-0.15, -0.1) is 0 Å². The van der Waals surface area contributed by atoms with Gasteiger partial charge in [0.25, 0.3) is 0 Å². The zero-order valence-electron chi connectivity index (χ0n) is 12.0. The number of hydrogen-bond acceptors (Lipinski definition) is 2. The molecule has 2 heteroatoms. The van der Waals surface area contributed by atoms with Crippen LogP contribution in [0.15, 0.2) is 36.4 Å². The van der Waals surface area contributed by atoms with E-state index in [2.05, 4.69) is 39.8 Å². The SMILES string of the molecule is Cc1cc(C)cc(OCOc2cc(C)cc(C)c2)c1. The number of aryl methyl sites for hydroxylation is 4. The molecule has 0 atom stereocenters. The molecule has 0 radical (unpaired) electrons. The Morgan fingerprint density at radius 2 is 0.895 bits per heavy atom. The van der Waals surface area contributed by atoms with Crippen molar-refractivity contribution in [1.82, 2.24) is 0 Å². The minimum atomic E-state index is 0.228. The second-order valence-corrected chi connectivity index (χ2v) is 5.05. The van der Waals surface area contributed by atoms with Crippen molar-refractivity contribution in [2.45, 2.75) is 27.7 Å². The molecule has 19 heavy (non-hydrogen) atoms. The van der Waals surface area contributed by atoms with Gasteiger partial charge < -0.3 is 9.47 Å². The average molecular weight is 256 g/mol. The molecule has 0 unspecified atom stereocenters. The smallest absolute Gasteiger partial charge is 0.230 e. The third kappa shape index (κ3) is 4.02. The summed E-state index contributed by atoms with van der Waals surface area (Å²) in [6.07, 6.45) is 0. The molecule has 0 saturated heterocycles. The quantitative estimate of drug-likeness (QED) is 0.758. The summed E-state index contributed by atoms with van der Waals surface area (Å²) in [5.74, 6) is 1.70. The van der Waals surface area contributed by atoms with Crippen molar-refractivity contribution in [3.63, 3.8) is 0 Å². The molecule has 0 aromatic heterocycles. The van der Waals surface area contributed by atoms with Crippen LogP contribution in [0.2, 0.25) is 0 Å². The standard InChI is InChI=1S/C17H20O2/c1-12-5-13(2)8-16(7-12)18-11-19-17-9-14(3)6-15(4)10-17/h5-10H,11H2,1-4H3. The van der Waals surface area contributed by atoms with Crippen molar-refractivity contribution < 1.29 is 9.47 Å². The minimum Gasteiger partial charge on any atom is -0.457 e. The molecule has 0 bridgehead atoms. The van der Waals surface area contributed by atoms with Gasteiger partial charge in [-0.05, 0) is 74.2 Å². The van der Waals surface area contributed by atoms with Gasteiger partial charge in [-0.1, -0.05) is 12.1 Å². The van der Waals surface area contributed by atoms with Crippen LogP contribution in [0.25, 0.3) is 0 Å². The average Bonchev–Trinajstić information content (AvgIpc) is 2.26. The van der Waals surface area contributed by atoms with Crippen LogP contribution in [0.4, 0.5) is 0 Å². The van der Waals surface area contributed by atoms with Gasteiger partial charge >= 0.3 is 0 Å². The van der Waals surface area contributed by atoms with Crippen LogP contribution in [0.3, 0.4) is 0 Å². The summed E-state index contributed by atoms with van der Waals surface area (Å²) in [7, 11) is 0. The summed E-state index contributed by atoms with van der Waals surface area (Å²) in [6, 6.07) is 12.3. The Labute approximate surface area is 115 Å². The van der Waals surface area contributed by atoms with E-state index in [0.717, 1.165) is 11.5 Å². The first-order valence-electron chi connectivity index (χ1n) is 6.45. The summed E-state index contributed by atoms with van der Waals surface area (Å²) < 4.78 is 11.3. The highest BCUT2D eigenvalue weighted by atomic mass is 16.7. The maximum atomic E-state index is 5.63. The third-order valence-electron chi connectivity index (χ3n) is 2.84. The van der Waals surface area contributed by atoms with Gasteiger partial charge in [0.15, 0.2) is 0 Å². The molecule has 0 N–H and O–H groups in total. The number of hydrogen-bond donors (Lipinski definition) is 0. The van der Waals surface area contributed by atoms with Crippen molar-refractivity contribution in [3.8, 4) is 11.5 Å². The summed E-state index contributed by atoms with van der Waals surface area (Å²) in [4.78, 5) is 0. The van der Waals surface area contributed by atoms with Crippen LogP contribution in [-0.4, -0.2) is 6.79 Å². The summed E-state index contributed by atoms with van der Waals surface area (Å²) in [6.45, 7) is 8.47. The van der Waals surface area contributed by atoms with Crippen LogP contribution in [0, 0.1) is 27.7 Å². The van der Waals surface area contributed by atoms with Gasteiger partial charge in [0.1, 0.15) is 11.5 Å². The molecule has 0 spiro atoms. The first kappa shape index (κ1) is 13.5. The predicted molar refractivity (Wildman–Crippen MR) is 78.0 cm³/mol. The van der Waals surface area contributed by atoms with E-state index in [0.29, 0.717) is 0 Å².